The smallest absolute Gasteiger partial charge is 0.416 e. The molecule has 0 atom stereocenters. The van der Waals surface area contributed by atoms with Crippen molar-refractivity contribution in [3.8, 4) is 11.5 Å². The third-order valence-corrected chi connectivity index (χ3v) is 2.61. The molecule has 2 rings (SSSR count). The van der Waals surface area contributed by atoms with Crippen molar-refractivity contribution in [3.63, 3.8) is 0 Å². The van der Waals surface area contributed by atoms with Crippen LogP contribution in [-0.4, -0.2) is 16.7 Å². The number of rotatable bonds is 4. The van der Waals surface area contributed by atoms with Crippen molar-refractivity contribution >= 4 is 0 Å². The maximum Gasteiger partial charge on any atom is 0.416 e. The van der Waals surface area contributed by atoms with Gasteiger partial charge in [0.2, 0.25) is 5.89 Å². The van der Waals surface area contributed by atoms with Crippen LogP contribution in [-0.2, 0) is 12.6 Å². The molecule has 0 bridgehead atoms. The largest absolute Gasteiger partial charge is 0.444 e. The Labute approximate surface area is 111 Å². The monoisotopic (exact) mass is 289 g/mol. The molecule has 0 radical (unpaired) electrons. The fourth-order valence-corrected chi connectivity index (χ4v) is 1.69. The molecular formula is C13H11F4NO2. The summed E-state index contributed by atoms with van der Waals surface area (Å²) in [6.45, 7) is -0.0274. The summed E-state index contributed by atoms with van der Waals surface area (Å²) in [7, 11) is 0. The Balaban J connectivity index is 2.32. The molecule has 0 aliphatic carbocycles. The maximum atomic E-state index is 13.3. The second-order valence-corrected chi connectivity index (χ2v) is 4.20. The predicted molar refractivity (Wildman–Crippen MR) is 62.3 cm³/mol. The number of hydrogen-bond donors (Lipinski definition) is 1. The van der Waals surface area contributed by atoms with E-state index in [1.54, 1.807) is 0 Å². The van der Waals surface area contributed by atoms with Gasteiger partial charge < -0.3 is 9.52 Å². The predicted octanol–water partition coefficient (Wildman–Crippen LogP) is 3.42. The van der Waals surface area contributed by atoms with Gasteiger partial charge in [0.1, 0.15) is 12.1 Å². The number of alkyl halides is 3. The topological polar surface area (TPSA) is 46.3 Å². The molecule has 108 valence electrons. The first-order valence-electron chi connectivity index (χ1n) is 5.83. The molecule has 0 saturated carbocycles. The van der Waals surface area contributed by atoms with Gasteiger partial charge in [-0.2, -0.15) is 13.2 Å². The van der Waals surface area contributed by atoms with Crippen LogP contribution in [0, 0.1) is 5.82 Å². The van der Waals surface area contributed by atoms with Gasteiger partial charge >= 0.3 is 6.18 Å². The van der Waals surface area contributed by atoms with Gasteiger partial charge in [0, 0.05) is 12.2 Å². The molecule has 0 aliphatic heterocycles. The molecule has 0 fully saturated rings. The van der Waals surface area contributed by atoms with Gasteiger partial charge in [0.25, 0.3) is 0 Å². The fraction of sp³-hybridized carbons (Fsp3) is 0.308. The zero-order valence-electron chi connectivity index (χ0n) is 10.2. The fourth-order valence-electron chi connectivity index (χ4n) is 1.69. The molecule has 1 N–H and O–H groups in total. The summed E-state index contributed by atoms with van der Waals surface area (Å²) in [5.74, 6) is -1.09. The number of hydrogen-bond acceptors (Lipinski definition) is 3. The summed E-state index contributed by atoms with van der Waals surface area (Å²) in [6.07, 6.45) is -2.46. The first-order chi connectivity index (χ1) is 9.40. The van der Waals surface area contributed by atoms with Crippen molar-refractivity contribution < 1.29 is 27.1 Å². The van der Waals surface area contributed by atoms with Crippen molar-refractivity contribution in [3.05, 3.63) is 41.5 Å². The van der Waals surface area contributed by atoms with E-state index >= 15 is 0 Å². The Kier molecular flexibility index (Phi) is 4.08. The lowest BCUT2D eigenvalue weighted by atomic mass is 10.1. The number of aliphatic hydroxyl groups excluding tert-OH is 1. The number of aromatic nitrogens is 1. The van der Waals surface area contributed by atoms with Crippen LogP contribution < -0.4 is 0 Å². The van der Waals surface area contributed by atoms with E-state index in [9.17, 15) is 17.6 Å². The molecule has 1 aromatic carbocycles. The zero-order chi connectivity index (χ0) is 14.8. The maximum absolute atomic E-state index is 13.3. The first kappa shape index (κ1) is 14.5. The van der Waals surface area contributed by atoms with E-state index in [-0.39, 0.29) is 18.1 Å². The van der Waals surface area contributed by atoms with Crippen molar-refractivity contribution in [2.45, 2.75) is 19.0 Å². The minimum Gasteiger partial charge on any atom is -0.444 e. The van der Waals surface area contributed by atoms with Crippen LogP contribution in [0.3, 0.4) is 0 Å². The summed E-state index contributed by atoms with van der Waals surface area (Å²) in [4.78, 5) is 3.97. The van der Waals surface area contributed by atoms with Gasteiger partial charge in [-0.05, 0) is 31.0 Å². The van der Waals surface area contributed by atoms with Crippen LogP contribution in [0.4, 0.5) is 17.6 Å². The van der Waals surface area contributed by atoms with Gasteiger partial charge in [0.15, 0.2) is 0 Å². The number of benzene rings is 1. The Morgan fingerprint density at radius 1 is 1.20 bits per heavy atom. The Hall–Kier alpha value is -1.89. The van der Waals surface area contributed by atoms with Crippen LogP contribution in [0.2, 0.25) is 0 Å². The van der Waals surface area contributed by atoms with Crippen LogP contribution >= 0.6 is 0 Å². The summed E-state index contributed by atoms with van der Waals surface area (Å²) in [5, 5.41) is 8.68. The molecular weight excluding hydrogens is 278 g/mol. The second kappa shape index (κ2) is 5.62. The number of halogens is 4. The summed E-state index contributed by atoms with van der Waals surface area (Å²) in [5.41, 5.74) is -0.679. The van der Waals surface area contributed by atoms with Crippen LogP contribution in [0.1, 0.15) is 17.7 Å². The minimum atomic E-state index is -4.64. The molecule has 20 heavy (non-hydrogen) atoms. The Morgan fingerprint density at radius 3 is 2.60 bits per heavy atom. The van der Waals surface area contributed by atoms with Crippen LogP contribution in [0.15, 0.2) is 28.9 Å². The summed E-state index contributed by atoms with van der Waals surface area (Å²) < 4.78 is 56.1. The average Bonchev–Trinajstić information content (AvgIpc) is 2.83. The summed E-state index contributed by atoms with van der Waals surface area (Å²) in [6, 6.07) is 2.13. The molecule has 3 nitrogen and oxygen atoms in total. The molecule has 0 spiro atoms. The SMILES string of the molecule is OCCCc1coc(-c2cc(F)cc(C(F)(F)F)c2)n1. The molecule has 2 aromatic rings. The van der Waals surface area contributed by atoms with Gasteiger partial charge in [-0.25, -0.2) is 9.37 Å². The van der Waals surface area contributed by atoms with Gasteiger partial charge in [0.05, 0.1) is 11.3 Å². The van der Waals surface area contributed by atoms with E-state index in [0.717, 1.165) is 12.1 Å². The normalized spacial score (nSPS) is 11.8. The molecule has 1 aromatic heterocycles. The number of nitrogens with zero attached hydrogens (tertiary/aromatic N) is 1. The number of oxazole rings is 1. The Morgan fingerprint density at radius 2 is 1.95 bits per heavy atom. The van der Waals surface area contributed by atoms with E-state index < -0.39 is 17.6 Å². The second-order valence-electron chi connectivity index (χ2n) is 4.20. The molecule has 7 heteroatoms. The van der Waals surface area contributed by atoms with E-state index in [1.807, 2.05) is 0 Å². The molecule has 0 unspecified atom stereocenters. The van der Waals surface area contributed by atoms with Crippen molar-refractivity contribution in [1.29, 1.82) is 0 Å². The van der Waals surface area contributed by atoms with E-state index in [1.165, 1.54) is 6.26 Å². The van der Waals surface area contributed by atoms with E-state index in [2.05, 4.69) is 4.98 Å². The van der Waals surface area contributed by atoms with Gasteiger partial charge in [-0.1, -0.05) is 0 Å². The van der Waals surface area contributed by atoms with Crippen molar-refractivity contribution in [2.75, 3.05) is 6.61 Å². The zero-order valence-corrected chi connectivity index (χ0v) is 10.2. The highest BCUT2D eigenvalue weighted by Crippen LogP contribution is 2.33. The van der Waals surface area contributed by atoms with Gasteiger partial charge in [-0.3, -0.25) is 0 Å². The first-order valence-corrected chi connectivity index (χ1v) is 5.83. The third-order valence-electron chi connectivity index (χ3n) is 2.61. The molecule has 1 heterocycles. The Bertz CT molecular complexity index is 592. The molecule has 0 saturated heterocycles. The van der Waals surface area contributed by atoms with E-state index in [4.69, 9.17) is 9.52 Å². The van der Waals surface area contributed by atoms with Crippen molar-refractivity contribution in [2.24, 2.45) is 0 Å². The molecule has 0 aliphatic rings. The van der Waals surface area contributed by atoms with Crippen molar-refractivity contribution in [1.82, 2.24) is 4.98 Å². The lowest BCUT2D eigenvalue weighted by Gasteiger charge is -2.07. The standard InChI is InChI=1S/C13H11F4NO2/c14-10-5-8(4-9(6-10)13(15,16)17)12-18-11(7-20-12)2-1-3-19/h4-7,19H,1-3H2. The minimum absolute atomic E-state index is 0.0274. The average molecular weight is 289 g/mol. The highest BCUT2D eigenvalue weighted by Gasteiger charge is 2.31. The number of aliphatic hydroxyl groups is 1. The van der Waals surface area contributed by atoms with Crippen LogP contribution in [0.25, 0.3) is 11.5 Å². The number of aryl methyl sites for hydroxylation is 1. The lowest BCUT2D eigenvalue weighted by Crippen LogP contribution is -2.05. The lowest BCUT2D eigenvalue weighted by molar-refractivity contribution is -0.137. The summed E-state index contributed by atoms with van der Waals surface area (Å²) >= 11 is 0. The van der Waals surface area contributed by atoms with E-state index in [0.29, 0.717) is 24.6 Å². The molecule has 0 amide bonds. The quantitative estimate of drug-likeness (QED) is 0.877. The highest BCUT2D eigenvalue weighted by atomic mass is 19.4. The third kappa shape index (κ3) is 3.36. The van der Waals surface area contributed by atoms with Gasteiger partial charge in [-0.15, -0.1) is 0 Å². The highest BCUT2D eigenvalue weighted by molar-refractivity contribution is 5.55. The van der Waals surface area contributed by atoms with Crippen LogP contribution in [0.5, 0.6) is 0 Å².